The first-order valence-corrected chi connectivity index (χ1v) is 13.7. The van der Waals surface area contributed by atoms with E-state index in [4.69, 9.17) is 4.98 Å². The van der Waals surface area contributed by atoms with Gasteiger partial charge in [-0.3, -0.25) is 9.36 Å². The zero-order chi connectivity index (χ0) is 22.3. The van der Waals surface area contributed by atoms with Crippen molar-refractivity contribution in [1.82, 2.24) is 9.55 Å². The predicted octanol–water partition coefficient (Wildman–Crippen LogP) is 7.08. The number of benzene rings is 2. The van der Waals surface area contributed by atoms with Crippen LogP contribution >= 0.6 is 11.8 Å². The minimum absolute atomic E-state index is 0.0210. The molecule has 2 saturated carbocycles. The molecular weight excluding hydrogens is 424 g/mol. The van der Waals surface area contributed by atoms with Gasteiger partial charge in [-0.2, -0.15) is 0 Å². The molecule has 1 spiro atoms. The van der Waals surface area contributed by atoms with Crippen molar-refractivity contribution in [1.29, 1.82) is 0 Å². The largest absolute Gasteiger partial charge is 0.284 e. The van der Waals surface area contributed by atoms with Gasteiger partial charge in [-0.15, -0.1) is 0 Å². The lowest BCUT2D eigenvalue weighted by Crippen LogP contribution is -2.41. The van der Waals surface area contributed by atoms with E-state index < -0.39 is 0 Å². The fourth-order valence-electron chi connectivity index (χ4n) is 6.51. The Balaban J connectivity index is 1.53. The molecule has 0 atom stereocenters. The average Bonchev–Trinajstić information content (AvgIpc) is 3.32. The second-order valence-corrected chi connectivity index (χ2v) is 11.1. The van der Waals surface area contributed by atoms with Gasteiger partial charge in [0.25, 0.3) is 5.56 Å². The summed E-state index contributed by atoms with van der Waals surface area (Å²) in [7, 11) is 0. The molecule has 0 unspecified atom stereocenters. The van der Waals surface area contributed by atoms with Crippen molar-refractivity contribution in [3.63, 3.8) is 0 Å². The maximum Gasteiger partial charge on any atom is 0.258 e. The van der Waals surface area contributed by atoms with E-state index in [0.29, 0.717) is 0 Å². The molecule has 0 N–H and O–H groups in total. The van der Waals surface area contributed by atoms with Crippen molar-refractivity contribution < 1.29 is 0 Å². The van der Waals surface area contributed by atoms with Crippen molar-refractivity contribution in [3.05, 3.63) is 81.6 Å². The molecule has 0 amide bonds. The molecule has 0 aliphatic heterocycles. The van der Waals surface area contributed by atoms with E-state index in [1.165, 1.54) is 48.8 Å². The van der Waals surface area contributed by atoms with Gasteiger partial charge in [0, 0.05) is 22.8 Å². The van der Waals surface area contributed by atoms with Gasteiger partial charge in [-0.25, -0.2) is 4.98 Å². The van der Waals surface area contributed by atoms with Gasteiger partial charge in [-0.05, 0) is 43.2 Å². The Morgan fingerprint density at radius 2 is 1.64 bits per heavy atom. The number of nitrogens with zero attached hydrogens (tertiary/aromatic N) is 2. The molecule has 3 aliphatic rings. The first kappa shape index (κ1) is 21.2. The summed E-state index contributed by atoms with van der Waals surface area (Å²) in [6.45, 7) is 0. The summed E-state index contributed by atoms with van der Waals surface area (Å²) in [5.41, 5.74) is 6.08. The predicted molar refractivity (Wildman–Crippen MR) is 136 cm³/mol. The topological polar surface area (TPSA) is 34.9 Å². The van der Waals surface area contributed by atoms with Gasteiger partial charge in [0.2, 0.25) is 0 Å². The monoisotopic (exact) mass is 456 g/mol. The third-order valence-electron chi connectivity index (χ3n) is 8.13. The number of aromatic nitrogens is 2. The molecule has 6 rings (SSSR count). The first-order valence-electron chi connectivity index (χ1n) is 12.7. The fraction of sp³-hybridized carbons (Fsp3) is 0.448. The van der Waals surface area contributed by atoms with Crippen molar-refractivity contribution in [2.24, 2.45) is 0 Å². The van der Waals surface area contributed by atoms with Crippen LogP contribution in [0.5, 0.6) is 0 Å². The quantitative estimate of drug-likeness (QED) is 0.311. The zero-order valence-electron chi connectivity index (χ0n) is 19.3. The highest BCUT2D eigenvalue weighted by Gasteiger charge is 2.45. The lowest BCUT2D eigenvalue weighted by molar-refractivity contribution is 0.316. The molecule has 2 aromatic carbocycles. The minimum atomic E-state index is -0.0210. The van der Waals surface area contributed by atoms with Crippen LogP contribution in [-0.2, 0) is 17.6 Å². The van der Waals surface area contributed by atoms with E-state index in [-0.39, 0.29) is 17.0 Å². The van der Waals surface area contributed by atoms with Crippen LogP contribution in [0.3, 0.4) is 0 Å². The van der Waals surface area contributed by atoms with E-state index in [1.807, 2.05) is 0 Å². The number of thioether (sulfide) groups is 1. The molecule has 2 fully saturated rings. The van der Waals surface area contributed by atoms with Crippen molar-refractivity contribution in [2.45, 2.75) is 86.6 Å². The molecule has 3 nitrogen and oxygen atoms in total. The smallest absolute Gasteiger partial charge is 0.258 e. The Hall–Kier alpha value is -2.33. The van der Waals surface area contributed by atoms with Crippen LogP contribution < -0.4 is 5.56 Å². The lowest BCUT2D eigenvalue weighted by atomic mass is 9.68. The number of hydrogen-bond donors (Lipinski definition) is 0. The summed E-state index contributed by atoms with van der Waals surface area (Å²) in [5.74, 6) is 0.839. The Morgan fingerprint density at radius 3 is 2.42 bits per heavy atom. The van der Waals surface area contributed by atoms with Gasteiger partial charge in [0.15, 0.2) is 5.16 Å². The van der Waals surface area contributed by atoms with Gasteiger partial charge >= 0.3 is 0 Å². The molecule has 33 heavy (non-hydrogen) atoms. The standard InChI is InChI=1S/C29H32N2OS/c32-27-25-26(24-16-8-7-13-22(24)19-29(25)17-9-10-18-29)30-28(31(27)23-14-5-2-6-15-23)33-20-21-11-3-1-4-12-21/h1,3-4,7-8,11-13,16,23H,2,5-6,9-10,14-15,17-20H2. The van der Waals surface area contributed by atoms with Crippen LogP contribution in [0.2, 0.25) is 0 Å². The summed E-state index contributed by atoms with van der Waals surface area (Å²) in [5, 5.41) is 0.916. The molecule has 0 radical (unpaired) electrons. The van der Waals surface area contributed by atoms with Crippen molar-refractivity contribution in [3.8, 4) is 11.3 Å². The molecule has 1 aromatic heterocycles. The second kappa shape index (κ2) is 8.79. The van der Waals surface area contributed by atoms with E-state index in [9.17, 15) is 4.79 Å². The van der Waals surface area contributed by atoms with Crippen LogP contribution in [0, 0.1) is 0 Å². The van der Waals surface area contributed by atoms with E-state index in [1.54, 1.807) is 11.8 Å². The van der Waals surface area contributed by atoms with E-state index in [2.05, 4.69) is 59.2 Å². The zero-order valence-corrected chi connectivity index (χ0v) is 20.1. The summed E-state index contributed by atoms with van der Waals surface area (Å²) in [6, 6.07) is 19.5. The van der Waals surface area contributed by atoms with Crippen LogP contribution in [-0.4, -0.2) is 9.55 Å². The number of rotatable bonds is 4. The van der Waals surface area contributed by atoms with Crippen LogP contribution in [0.1, 0.15) is 80.5 Å². The summed E-state index contributed by atoms with van der Waals surface area (Å²) in [4.78, 5) is 19.8. The summed E-state index contributed by atoms with van der Waals surface area (Å²) < 4.78 is 2.14. The van der Waals surface area contributed by atoms with Gasteiger partial charge < -0.3 is 0 Å². The molecule has 1 heterocycles. The molecule has 0 bridgehead atoms. The third kappa shape index (κ3) is 3.77. The molecule has 3 aromatic rings. The van der Waals surface area contributed by atoms with Crippen LogP contribution in [0.4, 0.5) is 0 Å². The highest BCUT2D eigenvalue weighted by Crippen LogP contribution is 2.50. The normalized spacial score (nSPS) is 19.4. The summed E-state index contributed by atoms with van der Waals surface area (Å²) in [6.07, 6.45) is 11.6. The Kier molecular flexibility index (Phi) is 5.65. The SMILES string of the molecule is O=c1c2c(nc(SCc3ccccc3)n1C1CCCCC1)-c1ccccc1CC21CCCC1. The number of hydrogen-bond acceptors (Lipinski definition) is 3. The molecular formula is C29H32N2OS. The van der Waals surface area contributed by atoms with E-state index >= 15 is 0 Å². The average molecular weight is 457 g/mol. The minimum Gasteiger partial charge on any atom is -0.284 e. The Bertz CT molecular complexity index is 1200. The molecule has 4 heteroatoms. The molecule has 0 saturated heterocycles. The van der Waals surface area contributed by atoms with E-state index in [0.717, 1.165) is 54.3 Å². The fourth-order valence-corrected chi connectivity index (χ4v) is 7.52. The second-order valence-electron chi connectivity index (χ2n) is 10.2. The Labute approximate surface area is 200 Å². The number of fused-ring (bicyclic) bond motifs is 4. The maximum atomic E-state index is 14.4. The third-order valence-corrected chi connectivity index (χ3v) is 9.15. The lowest BCUT2D eigenvalue weighted by Gasteiger charge is -2.37. The summed E-state index contributed by atoms with van der Waals surface area (Å²) >= 11 is 1.74. The molecule has 170 valence electrons. The van der Waals surface area contributed by atoms with Crippen LogP contribution in [0.15, 0.2) is 64.5 Å². The highest BCUT2D eigenvalue weighted by atomic mass is 32.2. The maximum absolute atomic E-state index is 14.4. The molecule has 3 aliphatic carbocycles. The van der Waals surface area contributed by atoms with Gasteiger partial charge in [0.05, 0.1) is 11.3 Å². The van der Waals surface area contributed by atoms with Crippen molar-refractivity contribution in [2.75, 3.05) is 0 Å². The van der Waals surface area contributed by atoms with Crippen molar-refractivity contribution >= 4 is 11.8 Å². The first-order chi connectivity index (χ1) is 16.3. The highest BCUT2D eigenvalue weighted by molar-refractivity contribution is 7.98. The van der Waals surface area contributed by atoms with Crippen LogP contribution in [0.25, 0.3) is 11.3 Å². The van der Waals surface area contributed by atoms with Gasteiger partial charge in [0.1, 0.15) is 0 Å². The Morgan fingerprint density at radius 1 is 0.909 bits per heavy atom. The van der Waals surface area contributed by atoms with Gasteiger partial charge in [-0.1, -0.05) is 98.5 Å².